The second-order valence-corrected chi connectivity index (χ2v) is 6.26. The Hall–Kier alpha value is -1.12. The monoisotopic (exact) mass is 248 g/mol. The topological polar surface area (TPSA) is 43.4 Å². The van der Waals surface area contributed by atoms with Gasteiger partial charge >= 0.3 is 5.97 Å². The molecule has 3 nitrogen and oxygen atoms in total. The van der Waals surface area contributed by atoms with Crippen molar-refractivity contribution in [3.63, 3.8) is 0 Å². The van der Waals surface area contributed by atoms with E-state index in [2.05, 4.69) is 6.92 Å². The molecule has 0 bridgehead atoms. The number of allylic oxidation sites excluding steroid dienone is 1. The smallest absolute Gasteiger partial charge is 0.309 e. The molecule has 18 heavy (non-hydrogen) atoms. The largest absolute Gasteiger partial charge is 0.454 e. The molecule has 1 saturated carbocycles. The average Bonchev–Trinajstić information content (AvgIpc) is 2.79. The van der Waals surface area contributed by atoms with Crippen LogP contribution >= 0.6 is 0 Å². The summed E-state index contributed by atoms with van der Waals surface area (Å²) in [4.78, 5) is 23.6. The molecule has 3 unspecified atom stereocenters. The molecule has 1 aliphatic heterocycles. The first-order chi connectivity index (χ1) is 8.45. The maximum absolute atomic E-state index is 11.9. The Bertz CT molecular complexity index is 451. The van der Waals surface area contributed by atoms with Crippen molar-refractivity contribution in [2.45, 2.75) is 45.6 Å². The molecule has 3 heteroatoms. The summed E-state index contributed by atoms with van der Waals surface area (Å²) in [5, 5.41) is 0. The lowest BCUT2D eigenvalue weighted by atomic mass is 9.63. The number of hydrogen-bond acceptors (Lipinski definition) is 3. The Morgan fingerprint density at radius 3 is 2.72 bits per heavy atom. The molecular weight excluding hydrogens is 228 g/mol. The Kier molecular flexibility index (Phi) is 2.45. The lowest BCUT2D eigenvalue weighted by Crippen LogP contribution is -2.46. The zero-order chi connectivity index (χ0) is 13.1. The number of ketones is 1. The number of Topliss-reactive ketones (excluding diaryl/α,β-unsaturated/α-hetero) is 1. The highest BCUT2D eigenvalue weighted by atomic mass is 16.6. The molecule has 1 heterocycles. The van der Waals surface area contributed by atoms with Crippen LogP contribution < -0.4 is 0 Å². The van der Waals surface area contributed by atoms with Crippen LogP contribution in [0.25, 0.3) is 0 Å². The summed E-state index contributed by atoms with van der Waals surface area (Å²) in [7, 11) is 0. The van der Waals surface area contributed by atoms with Crippen molar-refractivity contribution in [1.82, 2.24) is 0 Å². The highest BCUT2D eigenvalue weighted by Gasteiger charge is 2.62. The number of carbonyl (C=O) groups excluding carboxylic acids is 2. The minimum absolute atomic E-state index is 0.0254. The molecule has 0 aromatic carbocycles. The molecule has 0 aromatic rings. The van der Waals surface area contributed by atoms with Crippen LogP contribution in [0.3, 0.4) is 0 Å². The van der Waals surface area contributed by atoms with E-state index in [-0.39, 0.29) is 23.6 Å². The standard InChI is InChI=1S/C15H20O3/c1-8-4-5-12-9(2)14(17)18-15(12)7-11(10(3)16)6-13(8)15/h7-9,12-13H,4-6H2,1-3H3/t8-,9-,12?,13?,15?/m1/s1. The lowest BCUT2D eigenvalue weighted by Gasteiger charge is -2.43. The normalized spacial score (nSPS) is 46.2. The quantitative estimate of drug-likeness (QED) is 0.670. The third kappa shape index (κ3) is 1.36. The minimum atomic E-state index is -0.463. The number of esters is 1. The van der Waals surface area contributed by atoms with Crippen molar-refractivity contribution in [3.8, 4) is 0 Å². The molecule has 98 valence electrons. The van der Waals surface area contributed by atoms with Crippen LogP contribution in [0.2, 0.25) is 0 Å². The van der Waals surface area contributed by atoms with Crippen LogP contribution in [0.5, 0.6) is 0 Å². The summed E-state index contributed by atoms with van der Waals surface area (Å²) >= 11 is 0. The van der Waals surface area contributed by atoms with E-state index in [1.807, 2.05) is 13.0 Å². The van der Waals surface area contributed by atoms with Gasteiger partial charge in [0.1, 0.15) is 5.60 Å². The summed E-state index contributed by atoms with van der Waals surface area (Å²) in [6, 6.07) is 0. The molecule has 2 fully saturated rings. The SMILES string of the molecule is CC(=O)C1=CC23OC(=O)[C@H](C)C2CC[C@@H](C)C3C1. The fourth-order valence-electron chi connectivity index (χ4n) is 4.23. The van der Waals surface area contributed by atoms with E-state index in [1.54, 1.807) is 6.92 Å². The van der Waals surface area contributed by atoms with Crippen LogP contribution in [0.1, 0.15) is 40.0 Å². The summed E-state index contributed by atoms with van der Waals surface area (Å²) in [5.74, 6) is 1.11. The van der Waals surface area contributed by atoms with Crippen molar-refractivity contribution in [2.75, 3.05) is 0 Å². The van der Waals surface area contributed by atoms with Crippen LogP contribution in [0, 0.1) is 23.7 Å². The highest BCUT2D eigenvalue weighted by Crippen LogP contribution is 2.57. The molecule has 5 atom stereocenters. The number of hydrogen-bond donors (Lipinski definition) is 0. The van der Waals surface area contributed by atoms with E-state index in [0.717, 1.165) is 24.8 Å². The van der Waals surface area contributed by atoms with E-state index < -0.39 is 5.60 Å². The van der Waals surface area contributed by atoms with E-state index in [4.69, 9.17) is 4.74 Å². The first-order valence-electron chi connectivity index (χ1n) is 6.91. The summed E-state index contributed by atoms with van der Waals surface area (Å²) in [6.07, 6.45) is 4.94. The van der Waals surface area contributed by atoms with Crippen LogP contribution in [-0.4, -0.2) is 17.4 Å². The lowest BCUT2D eigenvalue weighted by molar-refractivity contribution is -0.153. The van der Waals surface area contributed by atoms with Crippen LogP contribution in [-0.2, 0) is 14.3 Å². The van der Waals surface area contributed by atoms with E-state index in [1.165, 1.54) is 0 Å². The van der Waals surface area contributed by atoms with Crippen molar-refractivity contribution < 1.29 is 14.3 Å². The Balaban J connectivity index is 2.06. The van der Waals surface area contributed by atoms with E-state index in [9.17, 15) is 9.59 Å². The molecule has 2 aliphatic carbocycles. The molecule has 3 rings (SSSR count). The van der Waals surface area contributed by atoms with Gasteiger partial charge in [-0.3, -0.25) is 9.59 Å². The van der Waals surface area contributed by atoms with Crippen LogP contribution in [0.4, 0.5) is 0 Å². The second kappa shape index (κ2) is 3.69. The van der Waals surface area contributed by atoms with Gasteiger partial charge in [-0.1, -0.05) is 13.8 Å². The minimum Gasteiger partial charge on any atom is -0.454 e. The van der Waals surface area contributed by atoms with Gasteiger partial charge in [-0.15, -0.1) is 0 Å². The molecule has 1 spiro atoms. The zero-order valence-corrected chi connectivity index (χ0v) is 11.2. The van der Waals surface area contributed by atoms with Gasteiger partial charge in [0.2, 0.25) is 0 Å². The van der Waals surface area contributed by atoms with Gasteiger partial charge in [-0.2, -0.15) is 0 Å². The van der Waals surface area contributed by atoms with Gasteiger partial charge in [-0.25, -0.2) is 0 Å². The molecular formula is C15H20O3. The molecule has 1 saturated heterocycles. The van der Waals surface area contributed by atoms with Gasteiger partial charge in [0.15, 0.2) is 5.78 Å². The summed E-state index contributed by atoms with van der Waals surface area (Å²) in [5.41, 5.74) is 0.399. The highest BCUT2D eigenvalue weighted by molar-refractivity contribution is 5.94. The Labute approximate surface area is 108 Å². The number of carbonyl (C=O) groups is 2. The predicted octanol–water partition coefficient (Wildman–Crippen LogP) is 2.50. The maximum Gasteiger partial charge on any atom is 0.309 e. The van der Waals surface area contributed by atoms with Gasteiger partial charge in [-0.05, 0) is 43.8 Å². The fraction of sp³-hybridized carbons (Fsp3) is 0.733. The maximum atomic E-state index is 11.9. The van der Waals surface area contributed by atoms with Crippen LogP contribution in [0.15, 0.2) is 11.6 Å². The summed E-state index contributed by atoms with van der Waals surface area (Å²) < 4.78 is 5.77. The molecule has 0 amide bonds. The fourth-order valence-corrected chi connectivity index (χ4v) is 4.23. The number of ether oxygens (including phenoxy) is 1. The van der Waals surface area contributed by atoms with Crippen molar-refractivity contribution in [2.24, 2.45) is 23.7 Å². The summed E-state index contributed by atoms with van der Waals surface area (Å²) in [6.45, 7) is 5.80. The number of rotatable bonds is 1. The Morgan fingerprint density at radius 2 is 2.06 bits per heavy atom. The van der Waals surface area contributed by atoms with Gasteiger partial charge in [0.25, 0.3) is 0 Å². The third-order valence-corrected chi connectivity index (χ3v) is 5.32. The molecule has 0 radical (unpaired) electrons. The third-order valence-electron chi connectivity index (χ3n) is 5.32. The van der Waals surface area contributed by atoms with E-state index >= 15 is 0 Å². The first kappa shape index (κ1) is 11.9. The first-order valence-corrected chi connectivity index (χ1v) is 6.91. The molecule has 3 aliphatic rings. The zero-order valence-electron chi connectivity index (χ0n) is 11.2. The van der Waals surface area contributed by atoms with Gasteiger partial charge < -0.3 is 4.74 Å². The molecule has 0 N–H and O–H groups in total. The van der Waals surface area contributed by atoms with E-state index in [0.29, 0.717) is 11.8 Å². The van der Waals surface area contributed by atoms with Crippen molar-refractivity contribution >= 4 is 11.8 Å². The van der Waals surface area contributed by atoms with Gasteiger partial charge in [0.05, 0.1) is 5.92 Å². The second-order valence-electron chi connectivity index (χ2n) is 6.26. The van der Waals surface area contributed by atoms with Crippen molar-refractivity contribution in [3.05, 3.63) is 11.6 Å². The van der Waals surface area contributed by atoms with Crippen molar-refractivity contribution in [1.29, 1.82) is 0 Å². The predicted molar refractivity (Wildman–Crippen MR) is 66.7 cm³/mol. The molecule has 0 aromatic heterocycles. The average molecular weight is 248 g/mol. The van der Waals surface area contributed by atoms with Gasteiger partial charge in [0, 0.05) is 11.8 Å². The Morgan fingerprint density at radius 1 is 1.33 bits per heavy atom.